The zero-order chi connectivity index (χ0) is 13.3. The summed E-state index contributed by atoms with van der Waals surface area (Å²) in [6.07, 6.45) is 1.65. The second-order valence-corrected chi connectivity index (χ2v) is 4.42. The van der Waals surface area contributed by atoms with Gasteiger partial charge in [0.1, 0.15) is 5.82 Å². The number of aromatic nitrogens is 1. The van der Waals surface area contributed by atoms with Gasteiger partial charge in [-0.25, -0.2) is 9.18 Å². The minimum Gasteiger partial charge on any atom is -0.467 e. The van der Waals surface area contributed by atoms with E-state index in [4.69, 9.17) is 0 Å². The molecule has 0 unspecified atom stereocenters. The average Bonchev–Trinajstić information content (AvgIpc) is 2.72. The summed E-state index contributed by atoms with van der Waals surface area (Å²) in [5, 5.41) is 10.7. The zero-order valence-corrected chi connectivity index (χ0v) is 10.2. The topological polar surface area (TPSA) is 62.3 Å². The summed E-state index contributed by atoms with van der Waals surface area (Å²) in [6.45, 7) is 1.37. The Morgan fingerprint density at radius 2 is 2.28 bits per heavy atom. The molecule has 2 N–H and O–H groups in total. The van der Waals surface area contributed by atoms with Crippen molar-refractivity contribution in [2.24, 2.45) is 0 Å². The van der Waals surface area contributed by atoms with Crippen molar-refractivity contribution in [1.82, 2.24) is 4.98 Å². The van der Waals surface area contributed by atoms with Gasteiger partial charge >= 0.3 is 5.97 Å². The smallest absolute Gasteiger partial charge is 0.337 e. The SMILES string of the molecule is COC(=O)[C@@](C)(O)Cc1c[nH]c2c(F)cccc12. The zero-order valence-electron chi connectivity index (χ0n) is 10.2. The second kappa shape index (κ2) is 4.42. The van der Waals surface area contributed by atoms with E-state index in [1.54, 1.807) is 18.3 Å². The molecule has 1 aromatic heterocycles. The van der Waals surface area contributed by atoms with E-state index >= 15 is 0 Å². The normalized spacial score (nSPS) is 14.4. The van der Waals surface area contributed by atoms with Crippen molar-refractivity contribution in [1.29, 1.82) is 0 Å². The molecular weight excluding hydrogens is 237 g/mol. The molecule has 0 fully saturated rings. The first-order valence-electron chi connectivity index (χ1n) is 5.51. The number of para-hydroxylation sites is 1. The van der Waals surface area contributed by atoms with Crippen LogP contribution in [0.4, 0.5) is 4.39 Å². The van der Waals surface area contributed by atoms with Crippen LogP contribution in [0.25, 0.3) is 10.9 Å². The predicted molar refractivity (Wildman–Crippen MR) is 64.6 cm³/mol. The van der Waals surface area contributed by atoms with Crippen molar-refractivity contribution in [3.63, 3.8) is 0 Å². The molecule has 5 heteroatoms. The van der Waals surface area contributed by atoms with Crippen LogP contribution in [0.1, 0.15) is 12.5 Å². The van der Waals surface area contributed by atoms with Gasteiger partial charge in [0.05, 0.1) is 12.6 Å². The molecule has 0 saturated carbocycles. The molecular formula is C13H14FNO3. The van der Waals surface area contributed by atoms with E-state index in [0.717, 1.165) is 0 Å². The highest BCUT2D eigenvalue weighted by atomic mass is 19.1. The van der Waals surface area contributed by atoms with Crippen molar-refractivity contribution in [2.45, 2.75) is 18.9 Å². The first-order chi connectivity index (χ1) is 8.45. The van der Waals surface area contributed by atoms with E-state index in [1.807, 2.05) is 0 Å². The molecule has 0 amide bonds. The van der Waals surface area contributed by atoms with Crippen LogP contribution in [-0.2, 0) is 16.0 Å². The summed E-state index contributed by atoms with van der Waals surface area (Å²) in [5.41, 5.74) is -0.594. The van der Waals surface area contributed by atoms with Crippen LogP contribution in [0.15, 0.2) is 24.4 Å². The van der Waals surface area contributed by atoms with Gasteiger partial charge in [-0.2, -0.15) is 0 Å². The Hall–Kier alpha value is -1.88. The van der Waals surface area contributed by atoms with Gasteiger partial charge in [0.25, 0.3) is 0 Å². The van der Waals surface area contributed by atoms with Gasteiger partial charge in [-0.1, -0.05) is 12.1 Å². The lowest BCUT2D eigenvalue weighted by atomic mass is 9.96. The third-order valence-corrected chi connectivity index (χ3v) is 2.91. The number of carbonyl (C=O) groups is 1. The van der Waals surface area contributed by atoms with Crippen molar-refractivity contribution in [2.75, 3.05) is 7.11 Å². The Morgan fingerprint density at radius 3 is 2.94 bits per heavy atom. The molecule has 0 spiro atoms. The van der Waals surface area contributed by atoms with E-state index in [9.17, 15) is 14.3 Å². The molecule has 0 saturated heterocycles. The fourth-order valence-electron chi connectivity index (χ4n) is 1.98. The lowest BCUT2D eigenvalue weighted by Crippen LogP contribution is -2.38. The van der Waals surface area contributed by atoms with E-state index in [1.165, 1.54) is 20.1 Å². The highest BCUT2D eigenvalue weighted by molar-refractivity contribution is 5.85. The van der Waals surface area contributed by atoms with E-state index in [2.05, 4.69) is 9.72 Å². The molecule has 0 radical (unpaired) electrons. The third kappa shape index (κ3) is 2.09. The Bertz CT molecular complexity index is 589. The van der Waals surface area contributed by atoms with Crippen molar-refractivity contribution in [3.05, 3.63) is 35.8 Å². The average molecular weight is 251 g/mol. The van der Waals surface area contributed by atoms with Gasteiger partial charge < -0.3 is 14.8 Å². The fraction of sp³-hybridized carbons (Fsp3) is 0.308. The number of aliphatic hydroxyl groups is 1. The maximum absolute atomic E-state index is 13.5. The number of hydrogen-bond donors (Lipinski definition) is 2. The Morgan fingerprint density at radius 1 is 1.56 bits per heavy atom. The Labute approximate surface area is 103 Å². The minimum atomic E-state index is -1.63. The number of carbonyl (C=O) groups excluding carboxylic acids is 1. The third-order valence-electron chi connectivity index (χ3n) is 2.91. The predicted octanol–water partition coefficient (Wildman–Crippen LogP) is 1.77. The highest BCUT2D eigenvalue weighted by Gasteiger charge is 2.32. The van der Waals surface area contributed by atoms with Gasteiger partial charge in [0, 0.05) is 18.0 Å². The molecule has 96 valence electrons. The number of halogens is 1. The van der Waals surface area contributed by atoms with Gasteiger partial charge in [-0.15, -0.1) is 0 Å². The lowest BCUT2D eigenvalue weighted by Gasteiger charge is -2.19. The van der Waals surface area contributed by atoms with Crippen LogP contribution in [-0.4, -0.2) is 28.8 Å². The summed E-state index contributed by atoms with van der Waals surface area (Å²) in [6, 6.07) is 4.67. The van der Waals surface area contributed by atoms with Crippen LogP contribution >= 0.6 is 0 Å². The molecule has 1 atom stereocenters. The highest BCUT2D eigenvalue weighted by Crippen LogP contribution is 2.24. The molecule has 18 heavy (non-hydrogen) atoms. The van der Waals surface area contributed by atoms with Crippen molar-refractivity contribution >= 4 is 16.9 Å². The van der Waals surface area contributed by atoms with Crippen molar-refractivity contribution < 1.29 is 19.0 Å². The molecule has 2 rings (SSSR count). The first-order valence-corrected chi connectivity index (χ1v) is 5.51. The number of hydrogen-bond acceptors (Lipinski definition) is 3. The van der Waals surface area contributed by atoms with E-state index < -0.39 is 11.6 Å². The van der Waals surface area contributed by atoms with Crippen molar-refractivity contribution in [3.8, 4) is 0 Å². The molecule has 0 aliphatic rings. The summed E-state index contributed by atoms with van der Waals surface area (Å²) < 4.78 is 18.0. The standard InChI is InChI=1S/C13H14FNO3/c1-13(17,12(16)18-2)6-8-7-15-11-9(8)4-3-5-10(11)14/h3-5,7,15,17H,6H2,1-2H3/t13-/m0/s1. The monoisotopic (exact) mass is 251 g/mol. The summed E-state index contributed by atoms with van der Waals surface area (Å²) in [5.74, 6) is -1.08. The van der Waals surface area contributed by atoms with E-state index in [0.29, 0.717) is 16.5 Å². The van der Waals surface area contributed by atoms with Gasteiger partial charge in [-0.05, 0) is 18.6 Å². The Balaban J connectivity index is 2.39. The van der Waals surface area contributed by atoms with Gasteiger partial charge in [0.15, 0.2) is 5.60 Å². The molecule has 1 aromatic carbocycles. The number of H-pyrrole nitrogens is 1. The molecule has 0 bridgehead atoms. The number of methoxy groups -OCH3 is 1. The number of nitrogens with one attached hydrogen (secondary N) is 1. The summed E-state index contributed by atoms with van der Waals surface area (Å²) >= 11 is 0. The maximum atomic E-state index is 13.5. The lowest BCUT2D eigenvalue weighted by molar-refractivity contribution is -0.160. The summed E-state index contributed by atoms with van der Waals surface area (Å²) in [7, 11) is 1.21. The fourth-order valence-corrected chi connectivity index (χ4v) is 1.98. The quantitative estimate of drug-likeness (QED) is 0.817. The molecule has 0 aliphatic carbocycles. The minimum absolute atomic E-state index is 0.0587. The number of esters is 1. The van der Waals surface area contributed by atoms with Crippen LogP contribution in [0, 0.1) is 5.82 Å². The van der Waals surface area contributed by atoms with Crippen LogP contribution in [0.2, 0.25) is 0 Å². The van der Waals surface area contributed by atoms with Crippen LogP contribution < -0.4 is 0 Å². The largest absolute Gasteiger partial charge is 0.467 e. The number of benzene rings is 1. The second-order valence-electron chi connectivity index (χ2n) is 4.42. The number of fused-ring (bicyclic) bond motifs is 1. The summed E-state index contributed by atoms with van der Waals surface area (Å²) in [4.78, 5) is 14.2. The van der Waals surface area contributed by atoms with Gasteiger partial charge in [0.2, 0.25) is 0 Å². The maximum Gasteiger partial charge on any atom is 0.337 e. The first kappa shape index (κ1) is 12.6. The Kier molecular flexibility index (Phi) is 3.09. The number of ether oxygens (including phenoxy) is 1. The van der Waals surface area contributed by atoms with Crippen LogP contribution in [0.3, 0.4) is 0 Å². The molecule has 4 nitrogen and oxygen atoms in total. The van der Waals surface area contributed by atoms with E-state index in [-0.39, 0.29) is 12.2 Å². The van der Waals surface area contributed by atoms with Gasteiger partial charge in [-0.3, -0.25) is 0 Å². The molecule has 0 aliphatic heterocycles. The molecule has 1 heterocycles. The molecule has 2 aromatic rings. The number of aromatic amines is 1. The number of rotatable bonds is 3. The van der Waals surface area contributed by atoms with Crippen LogP contribution in [0.5, 0.6) is 0 Å².